The number of thioether (sulfide) groups is 1. The van der Waals surface area contributed by atoms with E-state index in [1.807, 2.05) is 30.3 Å². The van der Waals surface area contributed by atoms with Gasteiger partial charge in [0.15, 0.2) is 5.16 Å². The molecule has 3 aromatic carbocycles. The Kier molecular flexibility index (Phi) is 5.57. The molecule has 0 spiro atoms. The van der Waals surface area contributed by atoms with Crippen molar-refractivity contribution < 1.29 is 4.92 Å². The smallest absolute Gasteiger partial charge is 0.283 e. The van der Waals surface area contributed by atoms with E-state index in [4.69, 9.17) is 28.2 Å². The Bertz CT molecular complexity index is 1600. The van der Waals surface area contributed by atoms with Gasteiger partial charge in [-0.25, -0.2) is 4.98 Å². The van der Waals surface area contributed by atoms with Gasteiger partial charge in [0.25, 0.3) is 11.2 Å². The summed E-state index contributed by atoms with van der Waals surface area (Å²) in [4.78, 5) is 32.1. The number of rotatable bonds is 5. The number of aromatic amines is 1. The number of hydrogen-bond donors (Lipinski definition) is 1. The number of halogens is 2. The Hall–Kier alpha value is -3.33. The second-order valence-corrected chi connectivity index (χ2v) is 9.00. The van der Waals surface area contributed by atoms with Gasteiger partial charge in [-0.1, -0.05) is 59.2 Å². The van der Waals surface area contributed by atoms with E-state index in [1.54, 1.807) is 24.3 Å². The molecule has 0 aliphatic heterocycles. The van der Waals surface area contributed by atoms with Crippen LogP contribution in [0.25, 0.3) is 27.6 Å². The van der Waals surface area contributed by atoms with Gasteiger partial charge in [-0.2, -0.15) is 0 Å². The Labute approximate surface area is 201 Å². The van der Waals surface area contributed by atoms with Crippen LogP contribution in [0, 0.1) is 10.1 Å². The summed E-state index contributed by atoms with van der Waals surface area (Å²) in [6.07, 6.45) is 0. The lowest BCUT2D eigenvalue weighted by Gasteiger charge is -2.12. The lowest BCUT2D eigenvalue weighted by atomic mass is 10.2. The summed E-state index contributed by atoms with van der Waals surface area (Å²) in [6.45, 7) is 0. The van der Waals surface area contributed by atoms with Crippen molar-refractivity contribution in [3.63, 3.8) is 0 Å². The van der Waals surface area contributed by atoms with E-state index in [0.717, 1.165) is 16.5 Å². The second kappa shape index (κ2) is 8.55. The van der Waals surface area contributed by atoms with Crippen molar-refractivity contribution >= 4 is 62.6 Å². The summed E-state index contributed by atoms with van der Waals surface area (Å²) in [7, 11) is 0. The number of non-ortho nitro benzene ring substituents is 1. The number of fused-ring (bicyclic) bond motifs is 3. The molecule has 0 radical (unpaired) electrons. The minimum absolute atomic E-state index is 0.0588. The number of nitro groups is 1. The van der Waals surface area contributed by atoms with Gasteiger partial charge in [0.2, 0.25) is 0 Å². The maximum absolute atomic E-state index is 13.6. The van der Waals surface area contributed by atoms with Crippen molar-refractivity contribution in [3.8, 4) is 5.69 Å². The van der Waals surface area contributed by atoms with Crippen LogP contribution in [0.2, 0.25) is 10.0 Å². The maximum Gasteiger partial charge on any atom is 0.283 e. The van der Waals surface area contributed by atoms with E-state index in [2.05, 4.69) is 4.98 Å². The van der Waals surface area contributed by atoms with Crippen molar-refractivity contribution in [2.75, 3.05) is 0 Å². The van der Waals surface area contributed by atoms with Crippen LogP contribution < -0.4 is 5.56 Å². The lowest BCUT2D eigenvalue weighted by molar-refractivity contribution is -0.384. The highest BCUT2D eigenvalue weighted by molar-refractivity contribution is 7.98. The molecule has 164 valence electrons. The fourth-order valence-electron chi connectivity index (χ4n) is 3.57. The number of nitro benzene ring substituents is 1. The van der Waals surface area contributed by atoms with E-state index < -0.39 is 4.92 Å². The van der Waals surface area contributed by atoms with Crippen molar-refractivity contribution in [1.29, 1.82) is 0 Å². The number of H-pyrrole nitrogens is 1. The molecule has 0 amide bonds. The monoisotopic (exact) mass is 496 g/mol. The van der Waals surface area contributed by atoms with Crippen LogP contribution in [0.4, 0.5) is 5.69 Å². The first kappa shape index (κ1) is 21.5. The molecule has 0 bridgehead atoms. The third kappa shape index (κ3) is 3.97. The third-order valence-corrected chi connectivity index (χ3v) is 6.91. The zero-order valence-electron chi connectivity index (χ0n) is 16.8. The van der Waals surface area contributed by atoms with E-state index in [0.29, 0.717) is 37.7 Å². The molecular weight excluding hydrogens is 483 g/mol. The summed E-state index contributed by atoms with van der Waals surface area (Å²) in [6, 6.07) is 18.7. The zero-order valence-corrected chi connectivity index (χ0v) is 19.1. The molecular formula is C23H14Cl2N4O3S. The molecule has 7 nitrogen and oxygen atoms in total. The van der Waals surface area contributed by atoms with Gasteiger partial charge in [-0.15, -0.1) is 0 Å². The topological polar surface area (TPSA) is 93.8 Å². The van der Waals surface area contributed by atoms with Crippen LogP contribution >= 0.6 is 35.0 Å². The van der Waals surface area contributed by atoms with E-state index in [1.165, 1.54) is 28.5 Å². The van der Waals surface area contributed by atoms with Crippen molar-refractivity contribution in [3.05, 3.63) is 103 Å². The lowest BCUT2D eigenvalue weighted by Crippen LogP contribution is -2.21. The summed E-state index contributed by atoms with van der Waals surface area (Å²) in [5.41, 5.74) is 2.80. The summed E-state index contributed by atoms with van der Waals surface area (Å²) in [5.74, 6) is 0.490. The van der Waals surface area contributed by atoms with Crippen LogP contribution in [0.3, 0.4) is 0 Å². The number of benzene rings is 3. The molecule has 0 saturated carbocycles. The standard InChI is InChI=1S/C23H14Cl2N4O3S/c24-17-10-5-13(11-18(17)25)12-33-23-27-20-16-3-1-2-4-19(16)26-21(20)22(30)28(23)14-6-8-15(9-7-14)29(31)32/h1-11,26H,12H2. The van der Waals surface area contributed by atoms with Crippen molar-refractivity contribution in [2.45, 2.75) is 10.9 Å². The molecule has 5 rings (SSSR count). The van der Waals surface area contributed by atoms with Gasteiger partial charge < -0.3 is 4.98 Å². The van der Waals surface area contributed by atoms with Crippen molar-refractivity contribution in [1.82, 2.24) is 14.5 Å². The predicted octanol–water partition coefficient (Wildman–Crippen LogP) is 6.37. The van der Waals surface area contributed by atoms with E-state index in [9.17, 15) is 14.9 Å². The highest BCUT2D eigenvalue weighted by Crippen LogP contribution is 2.30. The first-order chi connectivity index (χ1) is 15.9. The molecule has 0 fully saturated rings. The van der Waals surface area contributed by atoms with Crippen LogP contribution in [-0.2, 0) is 5.75 Å². The highest BCUT2D eigenvalue weighted by Gasteiger charge is 2.18. The van der Waals surface area contributed by atoms with Crippen LogP contribution in [0.15, 0.2) is 76.7 Å². The molecule has 10 heteroatoms. The number of hydrogen-bond acceptors (Lipinski definition) is 5. The van der Waals surface area contributed by atoms with Gasteiger partial charge in [0, 0.05) is 28.8 Å². The van der Waals surface area contributed by atoms with Crippen LogP contribution in [0.5, 0.6) is 0 Å². The Morgan fingerprint density at radius 1 is 1.03 bits per heavy atom. The molecule has 2 heterocycles. The number of nitrogens with zero attached hydrogens (tertiary/aromatic N) is 3. The van der Waals surface area contributed by atoms with Gasteiger partial charge in [-0.3, -0.25) is 19.5 Å². The SMILES string of the molecule is O=c1c2[nH]c3ccccc3c2nc(SCc2ccc(Cl)c(Cl)c2)n1-c1ccc([N+](=O)[O-])cc1. The molecule has 0 saturated heterocycles. The first-order valence-corrected chi connectivity index (χ1v) is 11.5. The molecule has 2 aromatic heterocycles. The van der Waals surface area contributed by atoms with Crippen molar-refractivity contribution in [2.24, 2.45) is 0 Å². The molecule has 1 N–H and O–H groups in total. The number of aromatic nitrogens is 3. The summed E-state index contributed by atoms with van der Waals surface area (Å²) < 4.78 is 1.46. The van der Waals surface area contributed by atoms with Gasteiger partial charge in [0.1, 0.15) is 11.0 Å². The summed E-state index contributed by atoms with van der Waals surface area (Å²) >= 11 is 13.5. The molecule has 5 aromatic rings. The Morgan fingerprint density at radius 3 is 2.52 bits per heavy atom. The second-order valence-electron chi connectivity index (χ2n) is 7.24. The molecule has 0 aliphatic carbocycles. The van der Waals surface area contributed by atoms with Gasteiger partial charge in [0.05, 0.1) is 20.7 Å². The minimum atomic E-state index is -0.481. The fourth-order valence-corrected chi connectivity index (χ4v) is 4.84. The molecule has 0 aliphatic rings. The summed E-state index contributed by atoms with van der Waals surface area (Å²) in [5, 5.41) is 13.3. The first-order valence-electron chi connectivity index (χ1n) is 9.77. The Morgan fingerprint density at radius 2 is 1.79 bits per heavy atom. The van der Waals surface area contributed by atoms with Crippen LogP contribution in [0.1, 0.15) is 5.56 Å². The molecule has 0 atom stereocenters. The Balaban J connectivity index is 1.67. The molecule has 33 heavy (non-hydrogen) atoms. The van der Waals surface area contributed by atoms with E-state index >= 15 is 0 Å². The quantitative estimate of drug-likeness (QED) is 0.132. The average Bonchev–Trinajstić information content (AvgIpc) is 3.19. The van der Waals surface area contributed by atoms with Gasteiger partial charge >= 0.3 is 0 Å². The predicted molar refractivity (Wildman–Crippen MR) is 132 cm³/mol. The maximum atomic E-state index is 13.6. The fraction of sp³-hybridized carbons (Fsp3) is 0.0435. The third-order valence-electron chi connectivity index (χ3n) is 5.17. The van der Waals surface area contributed by atoms with Gasteiger partial charge in [-0.05, 0) is 35.9 Å². The highest BCUT2D eigenvalue weighted by atomic mass is 35.5. The van der Waals surface area contributed by atoms with Crippen LogP contribution in [-0.4, -0.2) is 19.5 Å². The largest absolute Gasteiger partial charge is 0.349 e. The number of para-hydroxylation sites is 1. The van der Waals surface area contributed by atoms with E-state index in [-0.39, 0.29) is 11.2 Å². The zero-order chi connectivity index (χ0) is 23.1. The average molecular weight is 497 g/mol. The normalized spacial score (nSPS) is 11.3. The molecule has 0 unspecified atom stereocenters. The number of nitrogens with one attached hydrogen (secondary N) is 1. The minimum Gasteiger partial charge on any atom is -0.349 e.